The van der Waals surface area contributed by atoms with Gasteiger partial charge in [0.1, 0.15) is 11.5 Å². The Labute approximate surface area is 288 Å². The molecule has 0 saturated heterocycles. The van der Waals surface area contributed by atoms with Gasteiger partial charge in [0, 0.05) is 5.69 Å². The van der Waals surface area contributed by atoms with Crippen LogP contribution in [-0.2, 0) is 0 Å². The lowest BCUT2D eigenvalue weighted by Crippen LogP contribution is -2.75. The summed E-state index contributed by atoms with van der Waals surface area (Å²) in [5, 5.41) is 5.10. The number of rotatable bonds is 5. The fourth-order valence-corrected chi connectivity index (χ4v) is 13.6. The Kier molecular flexibility index (Phi) is 6.41. The fourth-order valence-electron chi connectivity index (χ4n) is 7.67. The molecule has 0 N–H and O–H groups in total. The van der Waals surface area contributed by atoms with Crippen molar-refractivity contribution < 1.29 is 4.74 Å². The van der Waals surface area contributed by atoms with Crippen molar-refractivity contribution in [1.29, 1.82) is 0 Å². The molecule has 7 aromatic carbocycles. The van der Waals surface area contributed by atoms with Crippen LogP contribution in [0.4, 0.5) is 0 Å². The molecule has 0 atom stereocenters. The number of ether oxygens (including phenoxy) is 1. The van der Waals surface area contributed by atoms with Crippen molar-refractivity contribution in [3.63, 3.8) is 0 Å². The molecule has 2 aromatic heterocycles. The second kappa shape index (κ2) is 11.1. The summed E-state index contributed by atoms with van der Waals surface area (Å²) >= 11 is 1.79. The van der Waals surface area contributed by atoms with E-state index in [1.54, 1.807) is 11.8 Å². The number of hydrogen-bond donors (Lipinski definition) is 0. The fraction of sp³-hybridized carbons (Fsp3) is 0. The van der Waals surface area contributed by atoms with Crippen LogP contribution in [0.25, 0.3) is 33.5 Å². The van der Waals surface area contributed by atoms with E-state index in [4.69, 9.17) is 9.72 Å². The minimum atomic E-state index is -2.99. The van der Waals surface area contributed by atoms with Gasteiger partial charge < -0.3 is 4.74 Å². The average molecular weight is 664 g/mol. The van der Waals surface area contributed by atoms with Crippen molar-refractivity contribution in [2.45, 2.75) is 9.79 Å². The van der Waals surface area contributed by atoms with Crippen molar-refractivity contribution in [3.05, 3.63) is 176 Å². The Balaban J connectivity index is 1.30. The van der Waals surface area contributed by atoms with E-state index in [-0.39, 0.29) is 0 Å². The number of hydrogen-bond acceptors (Lipinski definition) is 3. The zero-order valence-corrected chi connectivity index (χ0v) is 28.2. The van der Waals surface area contributed by atoms with E-state index in [1.807, 2.05) is 0 Å². The highest BCUT2D eigenvalue weighted by Crippen LogP contribution is 2.46. The largest absolute Gasteiger partial charge is 0.455 e. The maximum Gasteiger partial charge on any atom is 0.220 e. The third-order valence-corrected chi connectivity index (χ3v) is 15.6. The van der Waals surface area contributed by atoms with E-state index in [2.05, 4.69) is 185 Å². The molecule has 1 aliphatic heterocycles. The lowest BCUT2D eigenvalue weighted by atomic mass is 10.2. The van der Waals surface area contributed by atoms with Gasteiger partial charge in [-0.25, -0.2) is 4.98 Å². The van der Waals surface area contributed by atoms with Gasteiger partial charge >= 0.3 is 0 Å². The van der Waals surface area contributed by atoms with Crippen LogP contribution >= 0.6 is 11.8 Å². The molecule has 9 aromatic rings. The van der Waals surface area contributed by atoms with Gasteiger partial charge in [-0.1, -0.05) is 133 Å². The molecule has 1 aliphatic rings. The van der Waals surface area contributed by atoms with Gasteiger partial charge in [0.15, 0.2) is 8.07 Å². The Hall–Kier alpha value is -5.82. The van der Waals surface area contributed by atoms with Crippen LogP contribution in [0.15, 0.2) is 186 Å². The summed E-state index contributed by atoms with van der Waals surface area (Å²) in [6.45, 7) is 0. The highest BCUT2D eigenvalue weighted by atomic mass is 32.2. The van der Waals surface area contributed by atoms with Gasteiger partial charge in [-0.2, -0.15) is 0 Å². The van der Waals surface area contributed by atoms with Crippen LogP contribution in [0.1, 0.15) is 0 Å². The number of imidazole rings is 2. The lowest BCUT2D eigenvalue weighted by Gasteiger charge is -2.37. The van der Waals surface area contributed by atoms with E-state index in [9.17, 15) is 0 Å². The number of fused-ring (bicyclic) bond motifs is 7. The predicted molar refractivity (Wildman–Crippen MR) is 204 cm³/mol. The van der Waals surface area contributed by atoms with Gasteiger partial charge in [-0.15, -0.1) is 0 Å². The molecule has 0 saturated carbocycles. The first-order chi connectivity index (χ1) is 24.3. The summed E-state index contributed by atoms with van der Waals surface area (Å²) in [6, 6.07) is 63.3. The zero-order valence-electron chi connectivity index (χ0n) is 26.4. The monoisotopic (exact) mass is 663 g/mol. The summed E-state index contributed by atoms with van der Waals surface area (Å²) < 4.78 is 11.5. The van der Waals surface area contributed by atoms with Crippen LogP contribution in [0, 0.1) is 0 Å². The number of aromatic nitrogens is 3. The van der Waals surface area contributed by atoms with E-state index < -0.39 is 8.07 Å². The standard InChI is InChI=1S/C43H29N3OSSi/c1-3-16-31(17-4-1)49(32-18-5-2-6-19-32,41-28-14-27-40-42(41)47-38-25-11-12-26-39(38)48-40)33-20-13-15-30(29-33)45-36-23-9-10-24-37(36)46-35-22-8-7-21-34(35)44-43(45)46/h1-29H. The quantitative estimate of drug-likeness (QED) is 0.138. The molecule has 232 valence electrons. The van der Waals surface area contributed by atoms with Crippen LogP contribution < -0.4 is 25.5 Å². The molecule has 0 aliphatic carbocycles. The van der Waals surface area contributed by atoms with Crippen molar-refractivity contribution >= 4 is 68.4 Å². The second-order valence-electron chi connectivity index (χ2n) is 12.4. The Morgan fingerprint density at radius 2 is 1.12 bits per heavy atom. The molecule has 0 bridgehead atoms. The molecular formula is C43H29N3OSSi. The molecule has 0 amide bonds. The van der Waals surface area contributed by atoms with Gasteiger partial charge in [0.05, 0.1) is 31.9 Å². The molecule has 49 heavy (non-hydrogen) atoms. The second-order valence-corrected chi connectivity index (χ2v) is 17.2. The molecule has 6 heteroatoms. The summed E-state index contributed by atoms with van der Waals surface area (Å²) in [7, 11) is -2.99. The zero-order chi connectivity index (χ0) is 32.4. The Bertz CT molecular complexity index is 2640. The summed E-state index contributed by atoms with van der Waals surface area (Å²) in [6.07, 6.45) is 0. The first-order valence-electron chi connectivity index (χ1n) is 16.5. The normalized spacial score (nSPS) is 12.6. The van der Waals surface area contributed by atoms with Gasteiger partial charge in [0.2, 0.25) is 5.78 Å². The van der Waals surface area contributed by atoms with Crippen molar-refractivity contribution in [3.8, 4) is 17.2 Å². The smallest absolute Gasteiger partial charge is 0.220 e. The number of nitrogens with zero attached hydrogens (tertiary/aromatic N) is 3. The topological polar surface area (TPSA) is 31.5 Å². The third kappa shape index (κ3) is 4.21. The molecule has 0 radical (unpaired) electrons. The summed E-state index contributed by atoms with van der Waals surface area (Å²) in [5.41, 5.74) is 5.41. The minimum absolute atomic E-state index is 0.901. The molecule has 10 rings (SSSR count). The molecular weight excluding hydrogens is 635 g/mol. The van der Waals surface area contributed by atoms with E-state index in [0.717, 1.165) is 54.8 Å². The van der Waals surface area contributed by atoms with Crippen molar-refractivity contribution in [1.82, 2.24) is 14.0 Å². The first kappa shape index (κ1) is 28.2. The average Bonchev–Trinajstić information content (AvgIpc) is 3.70. The summed E-state index contributed by atoms with van der Waals surface area (Å²) in [5.74, 6) is 2.75. The molecule has 3 heterocycles. The van der Waals surface area contributed by atoms with E-state index in [1.165, 1.54) is 20.7 Å². The Morgan fingerprint density at radius 3 is 1.92 bits per heavy atom. The lowest BCUT2D eigenvalue weighted by molar-refractivity contribution is 0.458. The predicted octanol–water partition coefficient (Wildman–Crippen LogP) is 8.07. The molecule has 0 unspecified atom stereocenters. The highest BCUT2D eigenvalue weighted by molar-refractivity contribution is 7.99. The Morgan fingerprint density at radius 1 is 0.510 bits per heavy atom. The highest BCUT2D eigenvalue weighted by Gasteiger charge is 2.45. The molecule has 0 spiro atoms. The van der Waals surface area contributed by atoms with E-state index in [0.29, 0.717) is 0 Å². The minimum Gasteiger partial charge on any atom is -0.455 e. The van der Waals surface area contributed by atoms with Crippen LogP contribution in [0.2, 0.25) is 0 Å². The third-order valence-electron chi connectivity index (χ3n) is 9.72. The summed E-state index contributed by atoms with van der Waals surface area (Å²) in [4.78, 5) is 7.46. The van der Waals surface area contributed by atoms with Crippen LogP contribution in [0.3, 0.4) is 0 Å². The van der Waals surface area contributed by atoms with Crippen LogP contribution in [0.5, 0.6) is 11.5 Å². The molecule has 0 fully saturated rings. The number of benzene rings is 7. The maximum absolute atomic E-state index is 6.93. The van der Waals surface area contributed by atoms with Crippen molar-refractivity contribution in [2.75, 3.05) is 0 Å². The van der Waals surface area contributed by atoms with Gasteiger partial charge in [-0.3, -0.25) is 8.97 Å². The number of para-hydroxylation sites is 6. The maximum atomic E-state index is 6.93. The molecule has 4 nitrogen and oxygen atoms in total. The van der Waals surface area contributed by atoms with E-state index >= 15 is 0 Å². The van der Waals surface area contributed by atoms with Gasteiger partial charge in [-0.05, 0) is 75.3 Å². The van der Waals surface area contributed by atoms with Crippen molar-refractivity contribution in [2.24, 2.45) is 0 Å². The first-order valence-corrected chi connectivity index (χ1v) is 19.3. The SMILES string of the molecule is c1ccc([Si](c2ccccc2)(c2cccc(-n3c4ccccc4n4c5ccccc5nc34)c2)c2cccc3c2Oc2ccccc2S3)cc1. The van der Waals surface area contributed by atoms with Crippen LogP contribution in [-0.4, -0.2) is 22.0 Å². The van der Waals surface area contributed by atoms with Gasteiger partial charge in [0.25, 0.3) is 0 Å².